The highest BCUT2D eigenvalue weighted by molar-refractivity contribution is 7.89. The number of nitrogens with zero attached hydrogens (tertiary/aromatic N) is 2. The second-order valence-corrected chi connectivity index (χ2v) is 10.8. The van der Waals surface area contributed by atoms with E-state index in [1.165, 1.54) is 7.05 Å². The van der Waals surface area contributed by atoms with E-state index in [0.717, 1.165) is 36.0 Å². The lowest BCUT2D eigenvalue weighted by Gasteiger charge is -2.29. The number of benzene rings is 1. The van der Waals surface area contributed by atoms with Crippen molar-refractivity contribution in [1.82, 2.24) is 10.0 Å². The van der Waals surface area contributed by atoms with Crippen molar-refractivity contribution in [2.75, 3.05) is 24.7 Å². The zero-order valence-electron chi connectivity index (χ0n) is 18.2. The van der Waals surface area contributed by atoms with Gasteiger partial charge in [-0.1, -0.05) is 26.0 Å². The molecule has 0 bridgehead atoms. The Kier molecular flexibility index (Phi) is 6.82. The minimum atomic E-state index is -3.30. The van der Waals surface area contributed by atoms with Crippen molar-refractivity contribution in [1.29, 1.82) is 5.26 Å². The number of nitriles is 1. The van der Waals surface area contributed by atoms with E-state index in [9.17, 15) is 13.2 Å². The quantitative estimate of drug-likeness (QED) is 0.596. The fraction of sp³-hybridized carbons (Fsp3) is 0.500. The number of nitrogens with one attached hydrogen (secondary N) is 3. The van der Waals surface area contributed by atoms with Gasteiger partial charge in [-0.25, -0.2) is 18.1 Å². The Morgan fingerprint density at radius 3 is 2.77 bits per heavy atom. The number of anilines is 1. The molecule has 1 atom stereocenters. The summed E-state index contributed by atoms with van der Waals surface area (Å²) < 4.78 is 26.0. The summed E-state index contributed by atoms with van der Waals surface area (Å²) in [5, 5.41) is 14.8. The van der Waals surface area contributed by atoms with E-state index in [-0.39, 0.29) is 22.9 Å². The standard InChI is InChI=1S/C22H29N5O3S/c1-22(2)9-6-16(7-10-22)18-12-15(8-11-31(29,30)24-3)4-5-19(18)27-21(28)20-25-14-17(13-23)26-20/h4-6,12,17,24H,7-11,14H2,1-3H3,(H,25,26)(H,27,28). The van der Waals surface area contributed by atoms with Gasteiger partial charge in [-0.15, -0.1) is 0 Å². The molecule has 0 fully saturated rings. The summed E-state index contributed by atoms with van der Waals surface area (Å²) in [6.07, 6.45) is 5.43. The molecule has 31 heavy (non-hydrogen) atoms. The Hall–Kier alpha value is -2.70. The molecular formula is C22H29N5O3S. The minimum absolute atomic E-state index is 0.00298. The number of aliphatic imine (C=N–C) groups is 1. The summed E-state index contributed by atoms with van der Waals surface area (Å²) in [4.78, 5) is 16.8. The average molecular weight is 444 g/mol. The van der Waals surface area contributed by atoms with Crippen LogP contribution in [0.15, 0.2) is 29.3 Å². The van der Waals surface area contributed by atoms with Gasteiger partial charge in [0.1, 0.15) is 0 Å². The second-order valence-electron chi connectivity index (χ2n) is 8.71. The van der Waals surface area contributed by atoms with E-state index in [1.807, 2.05) is 24.3 Å². The molecule has 3 N–H and O–H groups in total. The van der Waals surface area contributed by atoms with Gasteiger partial charge >= 0.3 is 0 Å². The van der Waals surface area contributed by atoms with Crippen LogP contribution in [-0.4, -0.2) is 45.5 Å². The van der Waals surface area contributed by atoms with E-state index < -0.39 is 16.1 Å². The van der Waals surface area contributed by atoms with E-state index in [0.29, 0.717) is 18.7 Å². The van der Waals surface area contributed by atoms with Gasteiger partial charge in [-0.3, -0.25) is 4.79 Å². The van der Waals surface area contributed by atoms with E-state index in [4.69, 9.17) is 5.26 Å². The molecule has 0 radical (unpaired) electrons. The second kappa shape index (κ2) is 9.20. The van der Waals surface area contributed by atoms with Crippen LogP contribution in [0.2, 0.25) is 0 Å². The average Bonchev–Trinajstić information content (AvgIpc) is 3.23. The number of sulfonamides is 1. The zero-order chi connectivity index (χ0) is 22.6. The summed E-state index contributed by atoms with van der Waals surface area (Å²) in [6.45, 7) is 4.79. The van der Waals surface area contributed by atoms with Crippen molar-refractivity contribution in [3.8, 4) is 6.07 Å². The highest BCUT2D eigenvalue weighted by Crippen LogP contribution is 2.40. The highest BCUT2D eigenvalue weighted by Gasteiger charge is 2.25. The normalized spacial score (nSPS) is 20.3. The third kappa shape index (κ3) is 5.93. The number of hydrogen-bond donors (Lipinski definition) is 3. The Bertz CT molecular complexity index is 1070. The largest absolute Gasteiger partial charge is 0.362 e. The SMILES string of the molecule is CNS(=O)(=O)CCc1ccc(NC(=O)C2=NC(C#N)CN2)c(C2=CCC(C)(C)CC2)c1. The first-order valence-corrected chi connectivity index (χ1v) is 12.0. The monoisotopic (exact) mass is 443 g/mol. The molecule has 166 valence electrons. The Morgan fingerprint density at radius 1 is 1.39 bits per heavy atom. The number of amides is 1. The van der Waals surface area contributed by atoms with Gasteiger partial charge < -0.3 is 10.6 Å². The molecule has 8 nitrogen and oxygen atoms in total. The van der Waals surface area contributed by atoms with Gasteiger partial charge in [-0.05, 0) is 61.4 Å². The van der Waals surface area contributed by atoms with Crippen LogP contribution in [0.3, 0.4) is 0 Å². The van der Waals surface area contributed by atoms with Crippen LogP contribution >= 0.6 is 0 Å². The molecule has 9 heteroatoms. The van der Waals surface area contributed by atoms with E-state index in [2.05, 4.69) is 40.3 Å². The Morgan fingerprint density at radius 2 is 2.16 bits per heavy atom. The van der Waals surface area contributed by atoms with Gasteiger partial charge in [0, 0.05) is 11.3 Å². The van der Waals surface area contributed by atoms with Crippen molar-refractivity contribution in [2.24, 2.45) is 10.4 Å². The Balaban J connectivity index is 1.88. The lowest BCUT2D eigenvalue weighted by atomic mass is 9.76. The third-order valence-corrected chi connectivity index (χ3v) is 7.10. The molecule has 3 rings (SSSR count). The lowest BCUT2D eigenvalue weighted by molar-refractivity contribution is -0.110. The van der Waals surface area contributed by atoms with Gasteiger partial charge in [0.05, 0.1) is 18.4 Å². The van der Waals surface area contributed by atoms with Crippen LogP contribution < -0.4 is 15.4 Å². The molecule has 1 amide bonds. The number of aryl methyl sites for hydroxylation is 1. The summed E-state index contributed by atoms with van der Waals surface area (Å²) >= 11 is 0. The number of hydrogen-bond acceptors (Lipinski definition) is 6. The molecule has 0 aromatic heterocycles. The zero-order valence-corrected chi connectivity index (χ0v) is 19.0. The van der Waals surface area contributed by atoms with Gasteiger partial charge in [0.2, 0.25) is 10.0 Å². The van der Waals surface area contributed by atoms with Crippen LogP contribution in [0.25, 0.3) is 5.57 Å². The van der Waals surface area contributed by atoms with Crippen molar-refractivity contribution >= 4 is 33.0 Å². The highest BCUT2D eigenvalue weighted by atomic mass is 32.2. The van der Waals surface area contributed by atoms with Crippen LogP contribution in [-0.2, 0) is 21.2 Å². The number of carbonyl (C=O) groups excluding carboxylic acids is 1. The molecule has 0 spiro atoms. The summed E-state index contributed by atoms with van der Waals surface area (Å²) in [7, 11) is -1.90. The van der Waals surface area contributed by atoms with Gasteiger partial charge in [0.25, 0.3) is 5.91 Å². The van der Waals surface area contributed by atoms with E-state index >= 15 is 0 Å². The van der Waals surface area contributed by atoms with Crippen molar-refractivity contribution < 1.29 is 13.2 Å². The van der Waals surface area contributed by atoms with Crippen LogP contribution in [0.5, 0.6) is 0 Å². The Labute approximate surface area is 183 Å². The van der Waals surface area contributed by atoms with Crippen LogP contribution in [0, 0.1) is 16.7 Å². The first-order chi connectivity index (χ1) is 14.6. The number of carbonyl (C=O) groups is 1. The van der Waals surface area contributed by atoms with Crippen LogP contribution in [0.4, 0.5) is 5.69 Å². The molecule has 2 aliphatic rings. The first-order valence-electron chi connectivity index (χ1n) is 10.4. The maximum Gasteiger partial charge on any atom is 0.290 e. The molecular weight excluding hydrogens is 414 g/mol. The summed E-state index contributed by atoms with van der Waals surface area (Å²) in [5.41, 5.74) is 3.82. The molecule has 1 aliphatic heterocycles. The molecule has 1 heterocycles. The van der Waals surface area contributed by atoms with Crippen LogP contribution in [0.1, 0.15) is 44.2 Å². The molecule has 1 aromatic rings. The first kappa shape index (κ1) is 23.0. The fourth-order valence-corrected chi connectivity index (χ4v) is 4.34. The topological polar surface area (TPSA) is 123 Å². The predicted molar refractivity (Wildman–Crippen MR) is 122 cm³/mol. The third-order valence-electron chi connectivity index (χ3n) is 5.73. The maximum absolute atomic E-state index is 12.7. The van der Waals surface area contributed by atoms with Gasteiger partial charge in [0.15, 0.2) is 11.9 Å². The fourth-order valence-electron chi connectivity index (χ4n) is 3.63. The number of allylic oxidation sites excluding steroid dienone is 2. The molecule has 0 saturated carbocycles. The lowest BCUT2D eigenvalue weighted by Crippen LogP contribution is -2.33. The molecule has 1 unspecified atom stereocenters. The molecule has 1 aromatic carbocycles. The predicted octanol–water partition coefficient (Wildman–Crippen LogP) is 2.20. The van der Waals surface area contributed by atoms with E-state index in [1.54, 1.807) is 0 Å². The minimum Gasteiger partial charge on any atom is -0.362 e. The number of amidine groups is 1. The molecule has 0 saturated heterocycles. The molecule has 1 aliphatic carbocycles. The summed E-state index contributed by atoms with van der Waals surface area (Å²) in [6, 6.07) is 7.08. The smallest absolute Gasteiger partial charge is 0.290 e. The van der Waals surface area contributed by atoms with Crippen molar-refractivity contribution in [3.05, 3.63) is 35.4 Å². The van der Waals surface area contributed by atoms with Crippen molar-refractivity contribution in [2.45, 2.75) is 45.6 Å². The number of rotatable bonds is 7. The van der Waals surface area contributed by atoms with Crippen molar-refractivity contribution in [3.63, 3.8) is 0 Å². The van der Waals surface area contributed by atoms with Gasteiger partial charge in [-0.2, -0.15) is 5.26 Å². The maximum atomic E-state index is 12.7. The summed E-state index contributed by atoms with van der Waals surface area (Å²) in [5.74, 6) is -0.238.